The third-order valence-corrected chi connectivity index (χ3v) is 13.4. The molecule has 3 heteroatoms. The van der Waals surface area contributed by atoms with Gasteiger partial charge in [-0.3, -0.25) is 0 Å². The summed E-state index contributed by atoms with van der Waals surface area (Å²) in [5, 5.41) is 15.2. The molecule has 2 nitrogen and oxygen atoms in total. The molecule has 0 unspecified atom stereocenters. The van der Waals surface area contributed by atoms with Gasteiger partial charge in [0.15, 0.2) is 0 Å². The number of rotatable bonds is 3. The Morgan fingerprint density at radius 1 is 0.351 bits per heavy atom. The fraction of sp³-hybridized carbons (Fsp3) is 0. The molecule has 3 heterocycles. The van der Waals surface area contributed by atoms with E-state index < -0.39 is 0 Å². The van der Waals surface area contributed by atoms with E-state index in [4.69, 9.17) is 4.42 Å². The third-order valence-electron chi connectivity index (χ3n) is 12.2. The van der Waals surface area contributed by atoms with Gasteiger partial charge in [0.1, 0.15) is 11.2 Å². The fourth-order valence-electron chi connectivity index (χ4n) is 9.66. The Hall–Kier alpha value is -7.20. The summed E-state index contributed by atoms with van der Waals surface area (Å²) in [4.78, 5) is 0. The quantitative estimate of drug-likeness (QED) is 0.165. The van der Waals surface area contributed by atoms with E-state index in [0.717, 1.165) is 16.6 Å². The van der Waals surface area contributed by atoms with Crippen LogP contribution in [0.25, 0.3) is 124 Å². The van der Waals surface area contributed by atoms with Crippen LogP contribution in [0.5, 0.6) is 0 Å². The van der Waals surface area contributed by atoms with Gasteiger partial charge < -0.3 is 8.98 Å². The highest BCUT2D eigenvalue weighted by Crippen LogP contribution is 2.45. The van der Waals surface area contributed by atoms with E-state index in [1.165, 1.54) is 108 Å². The van der Waals surface area contributed by atoms with Crippen LogP contribution < -0.4 is 0 Å². The maximum atomic E-state index is 6.29. The lowest BCUT2D eigenvalue weighted by Gasteiger charge is -2.12. The lowest BCUT2D eigenvalue weighted by molar-refractivity contribution is 0.669. The molecule has 0 N–H and O–H groups in total. The first-order chi connectivity index (χ1) is 28.3. The lowest BCUT2D eigenvalue weighted by Crippen LogP contribution is -1.93. The van der Waals surface area contributed by atoms with Crippen molar-refractivity contribution in [1.29, 1.82) is 0 Å². The minimum atomic E-state index is 0.922. The van der Waals surface area contributed by atoms with Crippen LogP contribution in [0.2, 0.25) is 0 Å². The minimum absolute atomic E-state index is 0.922. The van der Waals surface area contributed by atoms with E-state index in [-0.39, 0.29) is 0 Å². The largest absolute Gasteiger partial charge is 0.456 e. The minimum Gasteiger partial charge on any atom is -0.456 e. The van der Waals surface area contributed by atoms with Gasteiger partial charge in [-0.15, -0.1) is 11.3 Å². The average Bonchev–Trinajstić information content (AvgIpc) is 3.95. The summed E-state index contributed by atoms with van der Waals surface area (Å²) >= 11 is 1.88. The lowest BCUT2D eigenvalue weighted by atomic mass is 9.92. The zero-order valence-electron chi connectivity index (χ0n) is 30.7. The molecule has 13 rings (SSSR count). The van der Waals surface area contributed by atoms with E-state index in [1.807, 2.05) is 17.4 Å². The van der Waals surface area contributed by atoms with Gasteiger partial charge in [-0.1, -0.05) is 140 Å². The van der Waals surface area contributed by atoms with Crippen molar-refractivity contribution in [3.05, 3.63) is 188 Å². The van der Waals surface area contributed by atoms with Crippen molar-refractivity contribution >= 4 is 108 Å². The molecule has 0 bridgehead atoms. The van der Waals surface area contributed by atoms with Crippen molar-refractivity contribution in [2.24, 2.45) is 0 Å². The van der Waals surface area contributed by atoms with E-state index >= 15 is 0 Å². The molecule has 0 atom stereocenters. The molecule has 264 valence electrons. The number of hydrogen-bond donors (Lipinski definition) is 0. The van der Waals surface area contributed by atoms with Crippen LogP contribution in [0.4, 0.5) is 0 Å². The zero-order chi connectivity index (χ0) is 37.2. The molecule has 0 amide bonds. The molecule has 0 spiro atoms. The number of furan rings is 1. The zero-order valence-corrected chi connectivity index (χ0v) is 31.5. The number of hydrogen-bond acceptors (Lipinski definition) is 2. The summed E-state index contributed by atoms with van der Waals surface area (Å²) in [7, 11) is 0. The molecule has 0 fully saturated rings. The van der Waals surface area contributed by atoms with Crippen LogP contribution in [0, 0.1) is 0 Å². The second-order valence-corrected chi connectivity index (χ2v) is 16.2. The molecule has 0 radical (unpaired) electrons. The normalized spacial score (nSPS) is 12.2. The van der Waals surface area contributed by atoms with Gasteiger partial charge in [-0.05, 0) is 97.5 Å². The second-order valence-electron chi connectivity index (χ2n) is 15.2. The monoisotopic (exact) mass is 741 g/mol. The first kappa shape index (κ1) is 31.1. The smallest absolute Gasteiger partial charge is 0.136 e. The fourth-order valence-corrected chi connectivity index (χ4v) is 10.9. The van der Waals surface area contributed by atoms with Crippen molar-refractivity contribution < 1.29 is 4.42 Å². The van der Waals surface area contributed by atoms with E-state index in [2.05, 4.69) is 187 Å². The summed E-state index contributed by atoms with van der Waals surface area (Å²) < 4.78 is 11.3. The van der Waals surface area contributed by atoms with Crippen molar-refractivity contribution in [2.75, 3.05) is 0 Å². The van der Waals surface area contributed by atoms with Crippen molar-refractivity contribution in [2.45, 2.75) is 0 Å². The number of thiophene rings is 1. The molecule has 0 saturated carbocycles. The second kappa shape index (κ2) is 11.7. The standard InChI is InChI=1S/C54H31NOS/c1-2-13-37-35(11-1)36-12-3-4-14-38(36)46-29-32(23-26-39(37)46)33-24-28-49-47(30-33)40-15-5-7-20-48(40)55(49)34-25-27-41-43-18-9-19-44(54(43)57-52(41)31-34)42-17-10-22-51-53(42)45-16-6-8-21-50(45)56-51/h1-31H. The number of aromatic nitrogens is 1. The Morgan fingerprint density at radius 3 is 1.72 bits per heavy atom. The van der Waals surface area contributed by atoms with E-state index in [1.54, 1.807) is 0 Å². The molecule has 0 aliphatic rings. The van der Waals surface area contributed by atoms with Gasteiger partial charge in [0, 0.05) is 53.0 Å². The van der Waals surface area contributed by atoms with Gasteiger partial charge in [-0.25, -0.2) is 0 Å². The van der Waals surface area contributed by atoms with Crippen molar-refractivity contribution in [1.82, 2.24) is 4.57 Å². The number of nitrogens with zero attached hydrogens (tertiary/aromatic N) is 1. The van der Waals surface area contributed by atoms with Crippen LogP contribution >= 0.6 is 11.3 Å². The third kappa shape index (κ3) is 4.40. The van der Waals surface area contributed by atoms with Gasteiger partial charge in [0.25, 0.3) is 0 Å². The number of para-hydroxylation sites is 2. The van der Waals surface area contributed by atoms with Crippen LogP contribution in [0.3, 0.4) is 0 Å². The summed E-state index contributed by atoms with van der Waals surface area (Å²) in [5.41, 5.74) is 10.3. The van der Waals surface area contributed by atoms with Gasteiger partial charge in [0.2, 0.25) is 0 Å². The molecule has 13 aromatic rings. The average molecular weight is 742 g/mol. The maximum Gasteiger partial charge on any atom is 0.136 e. The molecule has 3 aromatic heterocycles. The predicted octanol–water partition coefficient (Wildman–Crippen LogP) is 15.8. The Bertz CT molecular complexity index is 3790. The summed E-state index contributed by atoms with van der Waals surface area (Å²) in [6.45, 7) is 0. The van der Waals surface area contributed by atoms with Gasteiger partial charge in [0.05, 0.1) is 11.0 Å². The SMILES string of the molecule is c1ccc2c(c1)oc1cccc(-c3cccc4c3sc3cc(-n5c6ccccc6c6cc(-c7ccc8c9ccccc9c9ccccc9c8c7)ccc65)ccc34)c12. The highest BCUT2D eigenvalue weighted by atomic mass is 32.1. The molecule has 57 heavy (non-hydrogen) atoms. The topological polar surface area (TPSA) is 18.1 Å². The number of fused-ring (bicyclic) bond motifs is 15. The molecule has 10 aromatic carbocycles. The molecular weight excluding hydrogens is 711 g/mol. The van der Waals surface area contributed by atoms with Gasteiger partial charge in [-0.2, -0.15) is 0 Å². The Morgan fingerprint density at radius 2 is 0.912 bits per heavy atom. The summed E-state index contributed by atoms with van der Waals surface area (Å²) in [6, 6.07) is 69.0. The maximum absolute atomic E-state index is 6.29. The summed E-state index contributed by atoms with van der Waals surface area (Å²) in [6.07, 6.45) is 0. The Balaban J connectivity index is 0.979. The Kier molecular flexibility index (Phi) is 6.35. The van der Waals surface area contributed by atoms with E-state index in [0.29, 0.717) is 0 Å². The van der Waals surface area contributed by atoms with Crippen molar-refractivity contribution in [3.8, 4) is 27.9 Å². The summed E-state index contributed by atoms with van der Waals surface area (Å²) in [5.74, 6) is 0. The van der Waals surface area contributed by atoms with Crippen LogP contribution in [0.15, 0.2) is 192 Å². The first-order valence-corrected chi connectivity index (χ1v) is 20.3. The predicted molar refractivity (Wildman–Crippen MR) is 244 cm³/mol. The van der Waals surface area contributed by atoms with Crippen molar-refractivity contribution in [3.63, 3.8) is 0 Å². The van der Waals surface area contributed by atoms with Crippen LogP contribution in [0.1, 0.15) is 0 Å². The van der Waals surface area contributed by atoms with Crippen LogP contribution in [-0.4, -0.2) is 4.57 Å². The Labute approximate surface area is 331 Å². The molecule has 0 saturated heterocycles. The highest BCUT2D eigenvalue weighted by Gasteiger charge is 2.19. The van der Waals surface area contributed by atoms with E-state index in [9.17, 15) is 0 Å². The number of benzene rings is 10. The van der Waals surface area contributed by atoms with Crippen LogP contribution in [-0.2, 0) is 0 Å². The first-order valence-electron chi connectivity index (χ1n) is 19.5. The molecule has 0 aliphatic heterocycles. The highest BCUT2D eigenvalue weighted by molar-refractivity contribution is 7.26. The molecular formula is C54H31NOS. The molecule has 0 aliphatic carbocycles. The van der Waals surface area contributed by atoms with Gasteiger partial charge >= 0.3 is 0 Å².